The molecule has 24 heavy (non-hydrogen) atoms. The van der Waals surface area contributed by atoms with Crippen molar-refractivity contribution < 1.29 is 9.53 Å². The smallest absolute Gasteiger partial charge is 0.409 e. The van der Waals surface area contributed by atoms with Gasteiger partial charge in [-0.15, -0.1) is 0 Å². The molecule has 3 rings (SSSR count). The third-order valence-corrected chi connectivity index (χ3v) is 5.27. The van der Waals surface area contributed by atoms with Crippen LogP contribution in [-0.4, -0.2) is 36.7 Å². The maximum atomic E-state index is 12.1. The molecule has 0 spiro atoms. The Morgan fingerprint density at radius 2 is 2.21 bits per heavy atom. The summed E-state index contributed by atoms with van der Waals surface area (Å²) in [6.45, 7) is 0.732. The highest BCUT2D eigenvalue weighted by atomic mass is 16.5. The summed E-state index contributed by atoms with van der Waals surface area (Å²) in [5.41, 5.74) is 10.4. The van der Waals surface area contributed by atoms with E-state index in [1.54, 1.807) is 4.90 Å². The van der Waals surface area contributed by atoms with Crippen molar-refractivity contribution in [3.63, 3.8) is 0 Å². The fourth-order valence-corrected chi connectivity index (χ4v) is 3.93. The molecule has 0 radical (unpaired) electrons. The maximum absolute atomic E-state index is 12.1. The van der Waals surface area contributed by atoms with Crippen LogP contribution in [0.25, 0.3) is 5.57 Å². The van der Waals surface area contributed by atoms with Crippen LogP contribution < -0.4 is 5.73 Å². The fourth-order valence-electron chi connectivity index (χ4n) is 3.93. The molecule has 1 heterocycles. The van der Waals surface area contributed by atoms with Crippen molar-refractivity contribution in [2.45, 2.75) is 57.0 Å². The Kier molecular flexibility index (Phi) is 5.56. The standard InChI is InChI=1S/C20H28N2O2/c1-24-20(23)22-12-6-11-18(21)19(22)14-15-7-5-10-17(13-15)16-8-3-2-4-9-16/h5,7-8,10,13,18-19H,2-4,6,9,11-12,14,21H2,1H3. The minimum absolute atomic E-state index is 0.00963. The molecule has 0 bridgehead atoms. The molecule has 1 aliphatic heterocycles. The average Bonchev–Trinajstić information content (AvgIpc) is 2.64. The highest BCUT2D eigenvalue weighted by Crippen LogP contribution is 2.28. The zero-order valence-corrected chi connectivity index (χ0v) is 14.5. The van der Waals surface area contributed by atoms with Gasteiger partial charge in [-0.25, -0.2) is 4.79 Å². The summed E-state index contributed by atoms with van der Waals surface area (Å²) in [4.78, 5) is 13.9. The number of ether oxygens (including phenoxy) is 1. The number of carbonyl (C=O) groups excluding carboxylic acids is 1. The molecule has 1 aromatic rings. The lowest BCUT2D eigenvalue weighted by Crippen LogP contribution is -2.55. The third-order valence-electron chi connectivity index (χ3n) is 5.27. The molecule has 2 N–H and O–H groups in total. The monoisotopic (exact) mass is 328 g/mol. The first-order valence-corrected chi connectivity index (χ1v) is 9.07. The van der Waals surface area contributed by atoms with Gasteiger partial charge in [-0.1, -0.05) is 30.3 Å². The maximum Gasteiger partial charge on any atom is 0.409 e. The Labute approximate surface area is 144 Å². The fraction of sp³-hybridized carbons (Fsp3) is 0.550. The van der Waals surface area contributed by atoms with Crippen molar-refractivity contribution in [3.05, 3.63) is 41.5 Å². The van der Waals surface area contributed by atoms with Crippen molar-refractivity contribution in [2.24, 2.45) is 5.73 Å². The Morgan fingerprint density at radius 1 is 1.33 bits per heavy atom. The molecule has 1 amide bonds. The van der Waals surface area contributed by atoms with Crippen LogP contribution in [-0.2, 0) is 11.2 Å². The number of nitrogens with two attached hydrogens (primary N) is 1. The van der Waals surface area contributed by atoms with E-state index in [1.165, 1.54) is 49.5 Å². The summed E-state index contributed by atoms with van der Waals surface area (Å²) < 4.78 is 4.95. The van der Waals surface area contributed by atoms with Gasteiger partial charge in [0.1, 0.15) is 0 Å². The predicted octanol–water partition coefficient (Wildman–Crippen LogP) is 3.74. The lowest BCUT2D eigenvalue weighted by Gasteiger charge is -2.39. The van der Waals surface area contributed by atoms with Crippen molar-refractivity contribution >= 4 is 11.7 Å². The number of carbonyl (C=O) groups is 1. The van der Waals surface area contributed by atoms with E-state index < -0.39 is 0 Å². The molecule has 2 unspecified atom stereocenters. The molecular weight excluding hydrogens is 300 g/mol. The number of hydrogen-bond acceptors (Lipinski definition) is 3. The van der Waals surface area contributed by atoms with Gasteiger partial charge in [0.05, 0.1) is 13.2 Å². The van der Waals surface area contributed by atoms with Crippen molar-refractivity contribution in [1.82, 2.24) is 4.90 Å². The van der Waals surface area contributed by atoms with E-state index in [9.17, 15) is 4.79 Å². The summed E-state index contributed by atoms with van der Waals surface area (Å²) in [5, 5.41) is 0. The Hall–Kier alpha value is -1.81. The van der Waals surface area contributed by atoms with Gasteiger partial charge in [-0.3, -0.25) is 0 Å². The molecular formula is C20H28N2O2. The number of likely N-dealkylation sites (tertiary alicyclic amines) is 1. The summed E-state index contributed by atoms with van der Waals surface area (Å²) >= 11 is 0. The van der Waals surface area contributed by atoms with E-state index in [2.05, 4.69) is 30.3 Å². The van der Waals surface area contributed by atoms with E-state index in [0.29, 0.717) is 0 Å². The Morgan fingerprint density at radius 3 is 2.96 bits per heavy atom. The van der Waals surface area contributed by atoms with Crippen molar-refractivity contribution in [1.29, 1.82) is 0 Å². The molecule has 4 heteroatoms. The number of piperidine rings is 1. The molecule has 1 aliphatic carbocycles. The third kappa shape index (κ3) is 3.81. The summed E-state index contributed by atoms with van der Waals surface area (Å²) in [7, 11) is 1.44. The van der Waals surface area contributed by atoms with E-state index in [0.717, 1.165) is 25.8 Å². The van der Waals surface area contributed by atoms with Crippen molar-refractivity contribution in [3.8, 4) is 0 Å². The van der Waals surface area contributed by atoms with Crippen LogP contribution in [0.4, 0.5) is 4.79 Å². The average molecular weight is 328 g/mol. The second-order valence-electron chi connectivity index (χ2n) is 6.92. The normalized spacial score (nSPS) is 24.4. The van der Waals surface area contributed by atoms with Crippen molar-refractivity contribution in [2.75, 3.05) is 13.7 Å². The second-order valence-corrected chi connectivity index (χ2v) is 6.92. The Bertz CT molecular complexity index is 611. The largest absolute Gasteiger partial charge is 0.453 e. The second kappa shape index (κ2) is 7.84. The molecule has 2 aliphatic rings. The molecule has 2 atom stereocenters. The van der Waals surface area contributed by atoms with Crippen LogP contribution in [0.15, 0.2) is 30.3 Å². The SMILES string of the molecule is COC(=O)N1CCCC(N)C1Cc1cccc(C2=CCCCC2)c1. The molecule has 130 valence electrons. The van der Waals surface area contributed by atoms with Gasteiger partial charge in [0.25, 0.3) is 0 Å². The van der Waals surface area contributed by atoms with E-state index in [1.807, 2.05) is 0 Å². The molecule has 0 aromatic heterocycles. The van der Waals surface area contributed by atoms with Gasteiger partial charge in [-0.05, 0) is 61.6 Å². The first kappa shape index (κ1) is 17.0. The van der Waals surface area contributed by atoms with Gasteiger partial charge in [0.15, 0.2) is 0 Å². The topological polar surface area (TPSA) is 55.6 Å². The van der Waals surface area contributed by atoms with E-state index >= 15 is 0 Å². The van der Waals surface area contributed by atoms with Crippen LogP contribution in [0.3, 0.4) is 0 Å². The minimum Gasteiger partial charge on any atom is -0.453 e. The zero-order chi connectivity index (χ0) is 16.9. The molecule has 0 saturated carbocycles. The van der Waals surface area contributed by atoms with Gasteiger partial charge < -0.3 is 15.4 Å². The molecule has 1 aromatic carbocycles. The van der Waals surface area contributed by atoms with E-state index in [-0.39, 0.29) is 18.2 Å². The number of amides is 1. The first-order valence-electron chi connectivity index (χ1n) is 9.07. The van der Waals surface area contributed by atoms with Crippen LogP contribution in [0.1, 0.15) is 49.7 Å². The van der Waals surface area contributed by atoms with Gasteiger partial charge in [0.2, 0.25) is 0 Å². The van der Waals surface area contributed by atoms with Crippen LogP contribution in [0, 0.1) is 0 Å². The summed E-state index contributed by atoms with van der Waals surface area (Å²) in [5.74, 6) is 0. The first-order chi connectivity index (χ1) is 11.7. The van der Waals surface area contributed by atoms with Crippen LogP contribution in [0.2, 0.25) is 0 Å². The quantitative estimate of drug-likeness (QED) is 0.919. The van der Waals surface area contributed by atoms with Crippen LogP contribution in [0.5, 0.6) is 0 Å². The highest BCUT2D eigenvalue weighted by molar-refractivity contribution is 5.68. The lowest BCUT2D eigenvalue weighted by molar-refractivity contribution is 0.0820. The number of benzene rings is 1. The van der Waals surface area contributed by atoms with E-state index in [4.69, 9.17) is 10.5 Å². The van der Waals surface area contributed by atoms with Gasteiger partial charge >= 0.3 is 6.09 Å². The lowest BCUT2D eigenvalue weighted by atomic mass is 9.89. The number of rotatable bonds is 3. The molecule has 1 fully saturated rings. The Balaban J connectivity index is 1.78. The number of methoxy groups -OCH3 is 1. The zero-order valence-electron chi connectivity index (χ0n) is 14.5. The summed E-state index contributed by atoms with van der Waals surface area (Å²) in [6, 6.07) is 8.76. The number of hydrogen-bond donors (Lipinski definition) is 1. The predicted molar refractivity (Wildman–Crippen MR) is 96.7 cm³/mol. The van der Waals surface area contributed by atoms with Gasteiger partial charge in [-0.2, -0.15) is 0 Å². The number of allylic oxidation sites excluding steroid dienone is 2. The number of nitrogens with zero attached hydrogens (tertiary/aromatic N) is 1. The highest BCUT2D eigenvalue weighted by Gasteiger charge is 2.33. The summed E-state index contributed by atoms with van der Waals surface area (Å²) in [6.07, 6.45) is 9.73. The van der Waals surface area contributed by atoms with Gasteiger partial charge in [0, 0.05) is 12.6 Å². The minimum atomic E-state index is -0.263. The van der Waals surface area contributed by atoms with Crippen LogP contribution >= 0.6 is 0 Å². The molecule has 1 saturated heterocycles. The molecule has 4 nitrogen and oxygen atoms in total.